The Morgan fingerprint density at radius 1 is 1.55 bits per heavy atom. The van der Waals surface area contributed by atoms with Crippen LogP contribution < -0.4 is 10.6 Å². The fourth-order valence-corrected chi connectivity index (χ4v) is 3.01. The van der Waals surface area contributed by atoms with E-state index in [1.54, 1.807) is 0 Å². The molecule has 0 aromatic carbocycles. The van der Waals surface area contributed by atoms with E-state index in [-0.39, 0.29) is 11.4 Å². The highest BCUT2D eigenvalue weighted by atomic mass is 79.9. The predicted octanol–water partition coefficient (Wildman–Crippen LogP) is 3.41. The molecule has 2 rings (SSSR count). The molecule has 2 aromatic rings. The Labute approximate surface area is 128 Å². The number of nitrogens with zero attached hydrogens (tertiary/aromatic N) is 1. The molecule has 4 nitrogen and oxygen atoms in total. The summed E-state index contributed by atoms with van der Waals surface area (Å²) in [6, 6.07) is 3.29. The molecule has 0 aliphatic carbocycles. The topological polar surface area (TPSA) is 54.0 Å². The lowest BCUT2D eigenvalue weighted by molar-refractivity contribution is 0.0947. The van der Waals surface area contributed by atoms with Crippen LogP contribution in [0, 0.1) is 5.82 Å². The summed E-state index contributed by atoms with van der Waals surface area (Å²) >= 11 is 4.87. The maximum Gasteiger partial charge on any atom is 0.254 e. The van der Waals surface area contributed by atoms with Gasteiger partial charge in [-0.3, -0.25) is 4.79 Å². The Bertz CT molecular complexity index is 617. The second-order valence-corrected chi connectivity index (χ2v) is 5.88. The van der Waals surface area contributed by atoms with E-state index in [1.165, 1.54) is 23.6 Å². The SMILES string of the molecule is CCNc1nccc(C(=O)NCc2cc(Br)cs2)c1F. The molecule has 0 aliphatic heterocycles. The van der Waals surface area contributed by atoms with Gasteiger partial charge >= 0.3 is 0 Å². The molecular formula is C13H13BrFN3OS. The molecule has 0 spiro atoms. The van der Waals surface area contributed by atoms with Crippen molar-refractivity contribution in [3.63, 3.8) is 0 Å². The van der Waals surface area contributed by atoms with Crippen LogP contribution in [0.1, 0.15) is 22.2 Å². The maximum absolute atomic E-state index is 14.0. The molecule has 106 valence electrons. The summed E-state index contributed by atoms with van der Waals surface area (Å²) in [7, 11) is 0. The minimum atomic E-state index is -0.626. The monoisotopic (exact) mass is 357 g/mol. The van der Waals surface area contributed by atoms with Crippen molar-refractivity contribution in [1.29, 1.82) is 0 Å². The van der Waals surface area contributed by atoms with Gasteiger partial charge in [-0.05, 0) is 35.0 Å². The standard InChI is InChI=1S/C13H13BrFN3OS/c1-2-16-12-11(15)10(3-4-17-12)13(19)18-6-9-5-8(14)7-20-9/h3-5,7H,2,6H2,1H3,(H,16,17)(H,18,19). The third kappa shape index (κ3) is 3.55. The van der Waals surface area contributed by atoms with Crippen LogP contribution in [0.5, 0.6) is 0 Å². The van der Waals surface area contributed by atoms with E-state index in [0.717, 1.165) is 9.35 Å². The van der Waals surface area contributed by atoms with Gasteiger partial charge in [-0.1, -0.05) is 0 Å². The first-order valence-electron chi connectivity index (χ1n) is 6.01. The number of pyridine rings is 1. The van der Waals surface area contributed by atoms with Gasteiger partial charge in [0.05, 0.1) is 12.1 Å². The van der Waals surface area contributed by atoms with Gasteiger partial charge in [0, 0.05) is 27.5 Å². The average molecular weight is 358 g/mol. The Balaban J connectivity index is 2.07. The summed E-state index contributed by atoms with van der Waals surface area (Å²) in [6.07, 6.45) is 1.41. The summed E-state index contributed by atoms with van der Waals surface area (Å²) in [5, 5.41) is 7.40. The van der Waals surface area contributed by atoms with E-state index in [9.17, 15) is 9.18 Å². The zero-order chi connectivity index (χ0) is 14.5. The van der Waals surface area contributed by atoms with Gasteiger partial charge in [-0.15, -0.1) is 11.3 Å². The number of thiophene rings is 1. The minimum Gasteiger partial charge on any atom is -0.368 e. The number of aromatic nitrogens is 1. The highest BCUT2D eigenvalue weighted by Crippen LogP contribution is 2.20. The quantitative estimate of drug-likeness (QED) is 0.861. The lowest BCUT2D eigenvalue weighted by atomic mass is 10.2. The molecule has 2 aromatic heterocycles. The molecule has 20 heavy (non-hydrogen) atoms. The minimum absolute atomic E-state index is 0.00780. The van der Waals surface area contributed by atoms with Crippen molar-refractivity contribution in [2.75, 3.05) is 11.9 Å². The number of halogens is 2. The second kappa shape index (κ2) is 6.81. The van der Waals surface area contributed by atoms with Gasteiger partial charge < -0.3 is 10.6 Å². The second-order valence-electron chi connectivity index (χ2n) is 3.97. The van der Waals surface area contributed by atoms with Crippen LogP contribution in [0.15, 0.2) is 28.2 Å². The number of nitrogens with one attached hydrogen (secondary N) is 2. The Morgan fingerprint density at radius 3 is 3.00 bits per heavy atom. The van der Waals surface area contributed by atoms with E-state index in [4.69, 9.17) is 0 Å². The highest BCUT2D eigenvalue weighted by Gasteiger charge is 2.15. The smallest absolute Gasteiger partial charge is 0.254 e. The third-order valence-corrected chi connectivity index (χ3v) is 4.22. The van der Waals surface area contributed by atoms with Crippen molar-refractivity contribution in [2.24, 2.45) is 0 Å². The van der Waals surface area contributed by atoms with Crippen molar-refractivity contribution < 1.29 is 9.18 Å². The van der Waals surface area contributed by atoms with Gasteiger partial charge in [-0.2, -0.15) is 0 Å². The van der Waals surface area contributed by atoms with E-state index in [2.05, 4.69) is 31.5 Å². The highest BCUT2D eigenvalue weighted by molar-refractivity contribution is 9.10. The lowest BCUT2D eigenvalue weighted by Crippen LogP contribution is -2.24. The van der Waals surface area contributed by atoms with Crippen molar-refractivity contribution in [1.82, 2.24) is 10.3 Å². The van der Waals surface area contributed by atoms with E-state index >= 15 is 0 Å². The number of anilines is 1. The molecule has 1 amide bonds. The van der Waals surface area contributed by atoms with Crippen LogP contribution in [0.3, 0.4) is 0 Å². The maximum atomic E-state index is 14.0. The fourth-order valence-electron chi connectivity index (χ4n) is 1.62. The summed E-state index contributed by atoms with van der Waals surface area (Å²) in [6.45, 7) is 2.74. The Hall–Kier alpha value is -1.47. The summed E-state index contributed by atoms with van der Waals surface area (Å²) in [5.74, 6) is -0.980. The van der Waals surface area contributed by atoms with Crippen LogP contribution in [0.4, 0.5) is 10.2 Å². The van der Waals surface area contributed by atoms with E-state index < -0.39 is 11.7 Å². The average Bonchev–Trinajstić information content (AvgIpc) is 2.84. The van der Waals surface area contributed by atoms with Gasteiger partial charge in [-0.25, -0.2) is 9.37 Å². The molecule has 2 heterocycles. The zero-order valence-corrected chi connectivity index (χ0v) is 13.1. The normalized spacial score (nSPS) is 10.3. The molecule has 0 unspecified atom stereocenters. The molecule has 0 bridgehead atoms. The van der Waals surface area contributed by atoms with Crippen molar-refractivity contribution in [3.8, 4) is 0 Å². The Morgan fingerprint density at radius 2 is 2.35 bits per heavy atom. The summed E-state index contributed by atoms with van der Waals surface area (Å²) in [4.78, 5) is 16.8. The van der Waals surface area contributed by atoms with E-state index in [0.29, 0.717) is 13.1 Å². The molecule has 0 aliphatic rings. The summed E-state index contributed by atoms with van der Waals surface area (Å²) < 4.78 is 15.0. The molecule has 0 saturated heterocycles. The molecule has 2 N–H and O–H groups in total. The molecule has 0 atom stereocenters. The first-order valence-corrected chi connectivity index (χ1v) is 7.68. The summed E-state index contributed by atoms with van der Waals surface area (Å²) in [5.41, 5.74) is -0.00780. The van der Waals surface area contributed by atoms with Gasteiger partial charge in [0.25, 0.3) is 5.91 Å². The number of carbonyl (C=O) groups is 1. The number of amides is 1. The van der Waals surface area contributed by atoms with Gasteiger partial charge in [0.2, 0.25) is 0 Å². The molecular weight excluding hydrogens is 345 g/mol. The molecule has 0 fully saturated rings. The van der Waals surface area contributed by atoms with Crippen molar-refractivity contribution >= 4 is 39.0 Å². The van der Waals surface area contributed by atoms with Crippen molar-refractivity contribution in [3.05, 3.63) is 44.4 Å². The number of hydrogen-bond donors (Lipinski definition) is 2. The zero-order valence-electron chi connectivity index (χ0n) is 10.7. The van der Waals surface area contributed by atoms with Gasteiger partial charge in [0.1, 0.15) is 0 Å². The number of rotatable bonds is 5. The largest absolute Gasteiger partial charge is 0.368 e. The van der Waals surface area contributed by atoms with Crippen molar-refractivity contribution in [2.45, 2.75) is 13.5 Å². The van der Waals surface area contributed by atoms with Crippen LogP contribution in [0.2, 0.25) is 0 Å². The van der Waals surface area contributed by atoms with Crippen LogP contribution >= 0.6 is 27.3 Å². The predicted molar refractivity (Wildman–Crippen MR) is 81.5 cm³/mol. The third-order valence-electron chi connectivity index (χ3n) is 2.52. The first-order chi connectivity index (χ1) is 9.61. The molecule has 7 heteroatoms. The van der Waals surface area contributed by atoms with Crippen LogP contribution in [0.25, 0.3) is 0 Å². The first kappa shape index (κ1) is 14.9. The van der Waals surface area contributed by atoms with Crippen LogP contribution in [-0.2, 0) is 6.54 Å². The van der Waals surface area contributed by atoms with Crippen LogP contribution in [-0.4, -0.2) is 17.4 Å². The molecule has 0 saturated carbocycles. The fraction of sp³-hybridized carbons (Fsp3) is 0.231. The van der Waals surface area contributed by atoms with Gasteiger partial charge in [0.15, 0.2) is 11.6 Å². The number of carbonyl (C=O) groups excluding carboxylic acids is 1. The van der Waals surface area contributed by atoms with E-state index in [1.807, 2.05) is 18.4 Å². The Kier molecular flexibility index (Phi) is 5.08. The number of hydrogen-bond acceptors (Lipinski definition) is 4. The lowest BCUT2D eigenvalue weighted by Gasteiger charge is -2.08. The molecule has 0 radical (unpaired) electrons.